The topological polar surface area (TPSA) is 141 Å². The summed E-state index contributed by atoms with van der Waals surface area (Å²) in [5, 5.41) is 32.1. The highest BCUT2D eigenvalue weighted by molar-refractivity contribution is 5.90. The summed E-state index contributed by atoms with van der Waals surface area (Å²) in [4.78, 5) is 25.8. The van der Waals surface area contributed by atoms with E-state index in [4.69, 9.17) is 14.7 Å². The van der Waals surface area contributed by atoms with Crippen LogP contribution in [0.5, 0.6) is 0 Å². The maximum absolute atomic E-state index is 12.6. The van der Waals surface area contributed by atoms with Crippen LogP contribution in [0, 0.1) is 0 Å². The molecule has 5 unspecified atom stereocenters. The summed E-state index contributed by atoms with van der Waals surface area (Å²) in [7, 11) is 1.98. The zero-order valence-electron chi connectivity index (χ0n) is 26.0. The van der Waals surface area contributed by atoms with Crippen LogP contribution < -0.4 is 10.8 Å². The Labute approximate surface area is 264 Å². The number of hydroxylamine groups is 1. The minimum absolute atomic E-state index is 0.0357. The van der Waals surface area contributed by atoms with E-state index in [1.165, 1.54) is 0 Å². The number of ether oxygens (including phenoxy) is 2. The van der Waals surface area contributed by atoms with Gasteiger partial charge in [0, 0.05) is 43.1 Å². The Morgan fingerprint density at radius 3 is 2.31 bits per heavy atom. The first-order valence-corrected chi connectivity index (χ1v) is 15.5. The lowest BCUT2D eigenvalue weighted by Gasteiger charge is -2.39. The van der Waals surface area contributed by atoms with Gasteiger partial charge < -0.3 is 25.0 Å². The number of likely N-dealkylation sites (N-methyl/N-ethyl adjacent to an activating group) is 1. The second-order valence-corrected chi connectivity index (χ2v) is 11.7. The smallest absolute Gasteiger partial charge is 0.243 e. The fourth-order valence-corrected chi connectivity index (χ4v) is 5.48. The molecule has 5 N–H and O–H groups in total. The lowest BCUT2D eigenvalue weighted by molar-refractivity contribution is -0.253. The van der Waals surface area contributed by atoms with Gasteiger partial charge in [-0.3, -0.25) is 19.7 Å². The van der Waals surface area contributed by atoms with E-state index < -0.39 is 18.3 Å². The van der Waals surface area contributed by atoms with E-state index in [2.05, 4.69) is 10.2 Å². The molecule has 2 amide bonds. The Bertz CT molecular complexity index is 1350. The van der Waals surface area contributed by atoms with Crippen molar-refractivity contribution in [1.29, 1.82) is 0 Å². The van der Waals surface area contributed by atoms with Gasteiger partial charge in [-0.15, -0.1) is 0 Å². The molecule has 1 saturated heterocycles. The number of nitrogens with one attached hydrogen (secondary N) is 2. The lowest BCUT2D eigenvalue weighted by Crippen LogP contribution is -2.43. The van der Waals surface area contributed by atoms with Crippen LogP contribution in [0.15, 0.2) is 78.9 Å². The van der Waals surface area contributed by atoms with Crippen LogP contribution in [0.25, 0.3) is 0 Å². The molecule has 0 aliphatic carbocycles. The standard InChI is InChI=1S/C35H45N3O7/c1-24(34(42)27-10-5-3-6-11-27)38(2)22-30-21-31(26-18-16-25(23-39)17-19-26)45-35(44-30)28-12-9-13-29(20-28)36-32(40)14-7-4-8-15-33(41)37-43/h3,5-6,9-13,16-20,24,30-31,34-35,39,42-43H,4,7-8,14-15,21-23H2,1-2H3,(H,36,40)(H,37,41). The number of carbonyl (C=O) groups is 2. The lowest BCUT2D eigenvalue weighted by atomic mass is 9.98. The number of unbranched alkanes of at least 4 members (excludes halogenated alkanes) is 2. The third-order valence-corrected chi connectivity index (χ3v) is 8.27. The molecule has 242 valence electrons. The van der Waals surface area contributed by atoms with Gasteiger partial charge in [0.25, 0.3) is 0 Å². The number of aliphatic hydroxyl groups excluding tert-OH is 2. The number of hydrogen-bond acceptors (Lipinski definition) is 8. The monoisotopic (exact) mass is 619 g/mol. The van der Waals surface area contributed by atoms with E-state index >= 15 is 0 Å². The summed E-state index contributed by atoms with van der Waals surface area (Å²) < 4.78 is 13.0. The van der Waals surface area contributed by atoms with Crippen molar-refractivity contribution in [3.05, 3.63) is 101 Å². The van der Waals surface area contributed by atoms with E-state index in [0.717, 1.165) is 22.3 Å². The second-order valence-electron chi connectivity index (χ2n) is 11.7. The van der Waals surface area contributed by atoms with Crippen LogP contribution in [0.3, 0.4) is 0 Å². The number of rotatable bonds is 15. The van der Waals surface area contributed by atoms with Gasteiger partial charge in [-0.05, 0) is 55.6 Å². The van der Waals surface area contributed by atoms with Gasteiger partial charge in [0.05, 0.1) is 24.9 Å². The summed E-state index contributed by atoms with van der Waals surface area (Å²) in [6.07, 6.45) is 1.22. The van der Waals surface area contributed by atoms with Crippen molar-refractivity contribution in [1.82, 2.24) is 10.4 Å². The summed E-state index contributed by atoms with van der Waals surface area (Å²) in [6, 6.07) is 24.6. The normalized spacial score (nSPS) is 19.6. The molecule has 1 aliphatic heterocycles. The Kier molecular flexibility index (Phi) is 13.1. The zero-order valence-corrected chi connectivity index (χ0v) is 26.0. The molecular weight excluding hydrogens is 574 g/mol. The Morgan fingerprint density at radius 2 is 1.62 bits per heavy atom. The van der Waals surface area contributed by atoms with Crippen molar-refractivity contribution < 1.29 is 34.5 Å². The first-order chi connectivity index (χ1) is 21.8. The Hall–Kier alpha value is -3.64. The number of aliphatic hydroxyl groups is 2. The number of carbonyl (C=O) groups excluding carboxylic acids is 2. The molecule has 0 saturated carbocycles. The van der Waals surface area contributed by atoms with Crippen LogP contribution in [0.4, 0.5) is 5.69 Å². The molecular formula is C35H45N3O7. The number of amides is 2. The molecule has 1 fully saturated rings. The van der Waals surface area contributed by atoms with Crippen LogP contribution >= 0.6 is 0 Å². The fourth-order valence-electron chi connectivity index (χ4n) is 5.48. The summed E-state index contributed by atoms with van der Waals surface area (Å²) >= 11 is 0. The summed E-state index contributed by atoms with van der Waals surface area (Å²) in [5.74, 6) is -0.558. The van der Waals surface area contributed by atoms with E-state index in [1.54, 1.807) is 5.48 Å². The molecule has 5 atom stereocenters. The van der Waals surface area contributed by atoms with Gasteiger partial charge in [0.15, 0.2) is 6.29 Å². The van der Waals surface area contributed by atoms with Crippen molar-refractivity contribution >= 4 is 17.5 Å². The molecule has 1 heterocycles. The molecule has 45 heavy (non-hydrogen) atoms. The van der Waals surface area contributed by atoms with Crippen molar-refractivity contribution in [3.8, 4) is 0 Å². The molecule has 0 aromatic heterocycles. The third-order valence-electron chi connectivity index (χ3n) is 8.27. The van der Waals surface area contributed by atoms with Crippen molar-refractivity contribution in [2.24, 2.45) is 0 Å². The van der Waals surface area contributed by atoms with Crippen molar-refractivity contribution in [2.75, 3.05) is 18.9 Å². The van der Waals surface area contributed by atoms with E-state index in [-0.39, 0.29) is 37.2 Å². The highest BCUT2D eigenvalue weighted by Crippen LogP contribution is 2.39. The molecule has 4 rings (SSSR count). The third kappa shape index (κ3) is 10.2. The van der Waals surface area contributed by atoms with Gasteiger partial charge >= 0.3 is 0 Å². The molecule has 3 aromatic carbocycles. The molecule has 0 spiro atoms. The predicted octanol–water partition coefficient (Wildman–Crippen LogP) is 5.17. The van der Waals surface area contributed by atoms with Crippen LogP contribution in [-0.2, 0) is 25.7 Å². The van der Waals surface area contributed by atoms with Gasteiger partial charge in [-0.1, -0.05) is 73.2 Å². The number of nitrogens with zero attached hydrogens (tertiary/aromatic N) is 1. The fraction of sp³-hybridized carbons (Fsp3) is 0.429. The van der Waals surface area contributed by atoms with Crippen molar-refractivity contribution in [2.45, 2.75) is 82.7 Å². The quantitative estimate of drug-likeness (QED) is 0.0892. The average Bonchev–Trinajstić information content (AvgIpc) is 3.07. The summed E-state index contributed by atoms with van der Waals surface area (Å²) in [5.41, 5.74) is 5.67. The van der Waals surface area contributed by atoms with Gasteiger partial charge in [0.2, 0.25) is 11.8 Å². The maximum Gasteiger partial charge on any atom is 0.243 e. The molecule has 1 aliphatic rings. The van der Waals surface area contributed by atoms with Crippen LogP contribution in [-0.4, -0.2) is 57.9 Å². The van der Waals surface area contributed by atoms with Crippen molar-refractivity contribution in [3.63, 3.8) is 0 Å². The first kappa shape index (κ1) is 34.2. The van der Waals surface area contributed by atoms with E-state index in [0.29, 0.717) is 44.3 Å². The Balaban J connectivity index is 1.44. The Morgan fingerprint density at radius 1 is 0.911 bits per heavy atom. The SMILES string of the molecule is CC(C(O)c1ccccc1)N(C)CC1CC(c2ccc(CO)cc2)OC(c2cccc(NC(=O)CCCCCC(=O)NO)c2)O1. The minimum atomic E-state index is -0.691. The van der Waals surface area contributed by atoms with Gasteiger partial charge in [-0.2, -0.15) is 0 Å². The van der Waals surface area contributed by atoms with E-state index in [1.807, 2.05) is 92.8 Å². The summed E-state index contributed by atoms with van der Waals surface area (Å²) in [6.45, 7) is 2.52. The zero-order chi connectivity index (χ0) is 32.2. The molecule has 10 heteroatoms. The first-order valence-electron chi connectivity index (χ1n) is 15.5. The maximum atomic E-state index is 12.6. The van der Waals surface area contributed by atoms with E-state index in [9.17, 15) is 19.8 Å². The second kappa shape index (κ2) is 17.2. The van der Waals surface area contributed by atoms with Crippen LogP contribution in [0.1, 0.15) is 86.2 Å². The van der Waals surface area contributed by atoms with Gasteiger partial charge in [-0.25, -0.2) is 5.48 Å². The number of anilines is 1. The molecule has 0 bridgehead atoms. The highest BCUT2D eigenvalue weighted by Gasteiger charge is 2.34. The molecule has 10 nitrogen and oxygen atoms in total. The number of hydrogen-bond donors (Lipinski definition) is 5. The minimum Gasteiger partial charge on any atom is -0.392 e. The van der Waals surface area contributed by atoms with Gasteiger partial charge in [0.1, 0.15) is 0 Å². The highest BCUT2D eigenvalue weighted by atomic mass is 16.7. The van der Waals surface area contributed by atoms with Crippen LogP contribution in [0.2, 0.25) is 0 Å². The number of benzene rings is 3. The predicted molar refractivity (Wildman–Crippen MR) is 170 cm³/mol. The molecule has 3 aromatic rings. The largest absolute Gasteiger partial charge is 0.392 e. The average molecular weight is 620 g/mol. The molecule has 0 radical (unpaired) electrons.